The van der Waals surface area contributed by atoms with Crippen molar-refractivity contribution in [1.82, 2.24) is 19.2 Å². The SMILES string of the molecule is CC(C)n1cnc2nc(COc3ccccc3NC(=O)c3cccs3)cc(=O)n21. The van der Waals surface area contributed by atoms with E-state index in [0.29, 0.717) is 27.8 Å². The molecule has 0 aliphatic rings. The minimum atomic E-state index is -0.223. The van der Waals surface area contributed by atoms with Gasteiger partial charge in [0.25, 0.3) is 17.2 Å². The second-order valence-corrected chi connectivity index (χ2v) is 7.58. The molecule has 0 saturated heterocycles. The van der Waals surface area contributed by atoms with Crippen LogP contribution in [0.2, 0.25) is 0 Å². The molecule has 4 aromatic rings. The number of aromatic nitrogens is 4. The van der Waals surface area contributed by atoms with Gasteiger partial charge in [0.1, 0.15) is 18.7 Å². The summed E-state index contributed by atoms with van der Waals surface area (Å²) in [6, 6.07) is 12.2. The number of carbonyl (C=O) groups is 1. The maximum absolute atomic E-state index is 12.5. The van der Waals surface area contributed by atoms with Crippen molar-refractivity contribution >= 4 is 28.7 Å². The van der Waals surface area contributed by atoms with Gasteiger partial charge in [-0.1, -0.05) is 18.2 Å². The number of ether oxygens (including phenoxy) is 1. The van der Waals surface area contributed by atoms with E-state index in [9.17, 15) is 9.59 Å². The van der Waals surface area contributed by atoms with Gasteiger partial charge in [-0.2, -0.15) is 9.50 Å². The van der Waals surface area contributed by atoms with Crippen LogP contribution in [0.5, 0.6) is 5.75 Å². The Kier molecular flexibility index (Phi) is 5.13. The molecule has 0 atom stereocenters. The lowest BCUT2D eigenvalue weighted by Crippen LogP contribution is -2.23. The number of carbonyl (C=O) groups excluding carboxylic acids is 1. The fourth-order valence-corrected chi connectivity index (χ4v) is 3.47. The highest BCUT2D eigenvalue weighted by molar-refractivity contribution is 7.12. The average molecular weight is 409 g/mol. The third kappa shape index (κ3) is 3.90. The molecule has 0 spiro atoms. The number of hydrogen-bond acceptors (Lipinski definition) is 6. The van der Waals surface area contributed by atoms with Gasteiger partial charge < -0.3 is 10.1 Å². The van der Waals surface area contributed by atoms with Crippen molar-refractivity contribution in [2.24, 2.45) is 0 Å². The first-order valence-electron chi connectivity index (χ1n) is 9.05. The van der Waals surface area contributed by atoms with E-state index in [1.165, 1.54) is 21.9 Å². The van der Waals surface area contributed by atoms with Crippen molar-refractivity contribution in [3.63, 3.8) is 0 Å². The molecule has 29 heavy (non-hydrogen) atoms. The van der Waals surface area contributed by atoms with Crippen LogP contribution in [-0.4, -0.2) is 25.1 Å². The molecule has 1 aromatic carbocycles. The van der Waals surface area contributed by atoms with Gasteiger partial charge in [-0.05, 0) is 37.4 Å². The summed E-state index contributed by atoms with van der Waals surface area (Å²) in [5.74, 6) is 0.615. The number of nitrogens with one attached hydrogen (secondary N) is 1. The van der Waals surface area contributed by atoms with E-state index < -0.39 is 0 Å². The van der Waals surface area contributed by atoms with Crippen LogP contribution in [-0.2, 0) is 6.61 Å². The monoisotopic (exact) mass is 409 g/mol. The predicted molar refractivity (Wildman–Crippen MR) is 111 cm³/mol. The van der Waals surface area contributed by atoms with Crippen LogP contribution in [0.25, 0.3) is 5.78 Å². The minimum absolute atomic E-state index is 0.0756. The molecule has 1 N–H and O–H groups in total. The highest BCUT2D eigenvalue weighted by atomic mass is 32.1. The Morgan fingerprint density at radius 1 is 1.24 bits per heavy atom. The number of amides is 1. The van der Waals surface area contributed by atoms with Crippen LogP contribution in [0.15, 0.2) is 59.0 Å². The Bertz CT molecular complexity index is 1210. The first-order valence-corrected chi connectivity index (χ1v) is 9.93. The van der Waals surface area contributed by atoms with E-state index in [2.05, 4.69) is 15.3 Å². The number of anilines is 1. The predicted octanol–water partition coefficient (Wildman–Crippen LogP) is 3.36. The summed E-state index contributed by atoms with van der Waals surface area (Å²) in [5.41, 5.74) is 0.787. The van der Waals surface area contributed by atoms with Gasteiger partial charge in [0.15, 0.2) is 0 Å². The van der Waals surface area contributed by atoms with Crippen LogP contribution < -0.4 is 15.6 Å². The van der Waals surface area contributed by atoms with Gasteiger partial charge in [-0.15, -0.1) is 11.3 Å². The maximum Gasteiger partial charge on any atom is 0.274 e. The van der Waals surface area contributed by atoms with Crippen molar-refractivity contribution < 1.29 is 9.53 Å². The minimum Gasteiger partial charge on any atom is -0.485 e. The molecular formula is C20H19N5O3S. The fraction of sp³-hybridized carbons (Fsp3) is 0.200. The number of rotatable bonds is 6. The Morgan fingerprint density at radius 3 is 2.83 bits per heavy atom. The van der Waals surface area contributed by atoms with E-state index in [4.69, 9.17) is 4.74 Å². The first kappa shape index (κ1) is 18.9. The number of thiophene rings is 1. The average Bonchev–Trinajstić information content (AvgIpc) is 3.37. The fourth-order valence-electron chi connectivity index (χ4n) is 2.85. The second-order valence-electron chi connectivity index (χ2n) is 6.63. The molecule has 148 valence electrons. The van der Waals surface area contributed by atoms with Crippen molar-refractivity contribution in [1.29, 1.82) is 0 Å². The van der Waals surface area contributed by atoms with Crippen molar-refractivity contribution in [2.45, 2.75) is 26.5 Å². The molecule has 9 heteroatoms. The molecule has 3 aromatic heterocycles. The van der Waals surface area contributed by atoms with E-state index >= 15 is 0 Å². The number of para-hydroxylation sites is 2. The molecule has 8 nitrogen and oxygen atoms in total. The van der Waals surface area contributed by atoms with Crippen molar-refractivity contribution in [2.75, 3.05) is 5.32 Å². The molecule has 0 radical (unpaired) electrons. The van der Waals surface area contributed by atoms with Gasteiger partial charge in [0.05, 0.1) is 16.3 Å². The van der Waals surface area contributed by atoms with Crippen molar-refractivity contribution in [3.8, 4) is 5.75 Å². The summed E-state index contributed by atoms with van der Waals surface area (Å²) in [7, 11) is 0. The van der Waals surface area contributed by atoms with Gasteiger partial charge in [-0.3, -0.25) is 14.3 Å². The summed E-state index contributed by atoms with van der Waals surface area (Å²) < 4.78 is 9.00. The summed E-state index contributed by atoms with van der Waals surface area (Å²) in [6.07, 6.45) is 1.59. The zero-order valence-corrected chi connectivity index (χ0v) is 16.7. The Morgan fingerprint density at radius 2 is 2.07 bits per heavy atom. The van der Waals surface area contributed by atoms with E-state index in [1.807, 2.05) is 37.4 Å². The second kappa shape index (κ2) is 7.88. The summed E-state index contributed by atoms with van der Waals surface area (Å²) in [5, 5.41) is 4.70. The van der Waals surface area contributed by atoms with Gasteiger partial charge in [0.2, 0.25) is 0 Å². The van der Waals surface area contributed by atoms with E-state index in [-0.39, 0.29) is 24.1 Å². The lowest BCUT2D eigenvalue weighted by molar-refractivity contribution is 0.103. The Balaban J connectivity index is 1.54. The molecular weight excluding hydrogens is 390 g/mol. The molecule has 0 fully saturated rings. The lowest BCUT2D eigenvalue weighted by atomic mass is 10.3. The number of nitrogens with zero attached hydrogens (tertiary/aromatic N) is 4. The summed E-state index contributed by atoms with van der Waals surface area (Å²) in [4.78, 5) is 34.0. The van der Waals surface area contributed by atoms with Crippen LogP contribution in [0.1, 0.15) is 35.3 Å². The quantitative estimate of drug-likeness (QED) is 0.527. The van der Waals surface area contributed by atoms with E-state index in [1.54, 1.807) is 29.2 Å². The molecule has 0 aliphatic carbocycles. The van der Waals surface area contributed by atoms with Crippen LogP contribution in [0, 0.1) is 0 Å². The summed E-state index contributed by atoms with van der Waals surface area (Å²) in [6.45, 7) is 4.00. The van der Waals surface area contributed by atoms with Crippen LogP contribution >= 0.6 is 11.3 Å². The highest BCUT2D eigenvalue weighted by Gasteiger charge is 2.13. The largest absolute Gasteiger partial charge is 0.485 e. The third-order valence-corrected chi connectivity index (χ3v) is 5.11. The molecule has 3 heterocycles. The van der Waals surface area contributed by atoms with Crippen LogP contribution in [0.3, 0.4) is 0 Å². The zero-order chi connectivity index (χ0) is 20.4. The molecule has 0 aliphatic heterocycles. The van der Waals surface area contributed by atoms with E-state index in [0.717, 1.165) is 0 Å². The molecule has 0 unspecified atom stereocenters. The number of hydrogen-bond donors (Lipinski definition) is 1. The molecule has 0 saturated carbocycles. The molecule has 4 rings (SSSR count). The first-order chi connectivity index (χ1) is 14.0. The topological polar surface area (TPSA) is 90.5 Å². The Labute approximate surface area is 170 Å². The smallest absolute Gasteiger partial charge is 0.274 e. The maximum atomic E-state index is 12.5. The number of benzene rings is 1. The third-order valence-electron chi connectivity index (χ3n) is 4.24. The highest BCUT2D eigenvalue weighted by Crippen LogP contribution is 2.25. The van der Waals surface area contributed by atoms with Gasteiger partial charge in [0, 0.05) is 12.1 Å². The molecule has 1 amide bonds. The standard InChI is InChI=1S/C20H19N5O3S/c1-13(2)24-12-21-20-22-14(10-18(26)25(20)24)11-28-16-7-4-3-6-15(16)23-19(27)17-8-5-9-29-17/h3-10,12-13H,11H2,1-2H3,(H,23,27). The Hall–Kier alpha value is -3.46. The zero-order valence-electron chi connectivity index (χ0n) is 15.9. The number of fused-ring (bicyclic) bond motifs is 1. The lowest BCUT2D eigenvalue weighted by Gasteiger charge is -2.12. The van der Waals surface area contributed by atoms with Crippen molar-refractivity contribution in [3.05, 3.63) is 75.1 Å². The van der Waals surface area contributed by atoms with Gasteiger partial charge in [-0.25, -0.2) is 4.98 Å². The summed E-state index contributed by atoms with van der Waals surface area (Å²) >= 11 is 1.36. The van der Waals surface area contributed by atoms with Crippen LogP contribution in [0.4, 0.5) is 5.69 Å². The molecule has 0 bridgehead atoms. The normalized spacial score (nSPS) is 11.1. The van der Waals surface area contributed by atoms with Gasteiger partial charge >= 0.3 is 0 Å².